The van der Waals surface area contributed by atoms with Gasteiger partial charge in [0.15, 0.2) is 0 Å². The standard InChI is InChI=1S/C25H37N3O2S/c1-4-9-23(10-5-2)28-18-17-27(31-28)16-8-7-11-24-14-13-22-19-21(20-26-29-6-3)12-15-25(22)30-24/h4,9-10,12,15,19-20,24H,5-8,11,13-14,16-18H2,1-3H3/b9-4-,23-10+,26-20+. The minimum absolute atomic E-state index is 0.340. The molecule has 1 aromatic carbocycles. The van der Waals surface area contributed by atoms with Crippen LogP contribution in [0.25, 0.3) is 0 Å². The highest BCUT2D eigenvalue weighted by molar-refractivity contribution is 7.95. The van der Waals surface area contributed by atoms with Gasteiger partial charge < -0.3 is 13.9 Å². The van der Waals surface area contributed by atoms with E-state index in [4.69, 9.17) is 9.57 Å². The third-order valence-corrected chi connectivity index (χ3v) is 6.69. The number of nitrogens with zero attached hydrogens (tertiary/aromatic N) is 3. The Morgan fingerprint density at radius 1 is 1.29 bits per heavy atom. The van der Waals surface area contributed by atoms with Crippen LogP contribution in [0.3, 0.4) is 0 Å². The van der Waals surface area contributed by atoms with Gasteiger partial charge in [0.05, 0.1) is 12.3 Å². The number of hydrogen-bond acceptors (Lipinski definition) is 6. The summed E-state index contributed by atoms with van der Waals surface area (Å²) in [7, 11) is 0. The van der Waals surface area contributed by atoms with Crippen molar-refractivity contribution < 1.29 is 9.57 Å². The summed E-state index contributed by atoms with van der Waals surface area (Å²) in [6.45, 7) is 10.2. The molecule has 0 amide bonds. The number of unbranched alkanes of at least 4 members (excludes halogenated alkanes) is 1. The summed E-state index contributed by atoms with van der Waals surface area (Å²) in [5, 5.41) is 3.96. The zero-order chi connectivity index (χ0) is 21.9. The molecule has 0 aromatic heterocycles. The predicted molar refractivity (Wildman–Crippen MR) is 131 cm³/mol. The van der Waals surface area contributed by atoms with Crippen molar-refractivity contribution in [2.75, 3.05) is 26.2 Å². The summed E-state index contributed by atoms with van der Waals surface area (Å²) in [4.78, 5) is 5.05. The lowest BCUT2D eigenvalue weighted by Gasteiger charge is -2.26. The van der Waals surface area contributed by atoms with Gasteiger partial charge in [-0.1, -0.05) is 24.2 Å². The summed E-state index contributed by atoms with van der Waals surface area (Å²) in [6.07, 6.45) is 15.6. The fraction of sp³-hybridized carbons (Fsp3) is 0.560. The second-order valence-corrected chi connectivity index (χ2v) is 9.06. The largest absolute Gasteiger partial charge is 0.490 e. The first kappa shape index (κ1) is 23.7. The Kier molecular flexibility index (Phi) is 9.82. The molecule has 0 radical (unpaired) electrons. The molecule has 0 saturated carbocycles. The lowest BCUT2D eigenvalue weighted by Crippen LogP contribution is -2.23. The van der Waals surface area contributed by atoms with Crippen LogP contribution >= 0.6 is 12.1 Å². The number of oxime groups is 1. The number of fused-ring (bicyclic) bond motifs is 1. The van der Waals surface area contributed by atoms with E-state index >= 15 is 0 Å². The predicted octanol–water partition coefficient (Wildman–Crippen LogP) is 5.97. The second kappa shape index (κ2) is 12.8. The molecule has 31 heavy (non-hydrogen) atoms. The molecule has 1 aromatic rings. The molecular weight excluding hydrogens is 406 g/mol. The molecule has 6 heteroatoms. The van der Waals surface area contributed by atoms with E-state index in [1.807, 2.05) is 19.1 Å². The van der Waals surface area contributed by atoms with Gasteiger partial charge in [0.2, 0.25) is 0 Å². The third-order valence-electron chi connectivity index (χ3n) is 5.51. The SMILES string of the molecule is C/C=C\C(=C/CC)N1CCN(CCCCC2CCc3cc(/C=N/OCC)ccc3O2)S1. The molecule has 1 unspecified atom stereocenters. The van der Waals surface area contributed by atoms with Crippen molar-refractivity contribution >= 4 is 18.3 Å². The van der Waals surface area contributed by atoms with Crippen LogP contribution in [0.5, 0.6) is 5.75 Å². The number of benzene rings is 1. The molecule has 1 atom stereocenters. The van der Waals surface area contributed by atoms with Crippen molar-refractivity contribution in [3.8, 4) is 5.75 Å². The van der Waals surface area contributed by atoms with Crippen molar-refractivity contribution in [3.05, 3.63) is 53.3 Å². The van der Waals surface area contributed by atoms with Gasteiger partial charge in [-0.2, -0.15) is 0 Å². The van der Waals surface area contributed by atoms with Crippen molar-refractivity contribution in [2.24, 2.45) is 5.16 Å². The van der Waals surface area contributed by atoms with Crippen molar-refractivity contribution in [1.82, 2.24) is 8.61 Å². The fourth-order valence-corrected chi connectivity index (χ4v) is 5.01. The molecule has 1 saturated heterocycles. The molecule has 2 heterocycles. The first-order valence-electron chi connectivity index (χ1n) is 11.7. The number of rotatable bonds is 11. The molecule has 2 aliphatic heterocycles. The minimum atomic E-state index is 0.340. The maximum Gasteiger partial charge on any atom is 0.122 e. The number of hydrogen-bond donors (Lipinski definition) is 0. The minimum Gasteiger partial charge on any atom is -0.490 e. The Morgan fingerprint density at radius 3 is 3.00 bits per heavy atom. The summed E-state index contributed by atoms with van der Waals surface area (Å²) >= 11 is 1.88. The van der Waals surface area contributed by atoms with Crippen molar-refractivity contribution in [3.63, 3.8) is 0 Å². The van der Waals surface area contributed by atoms with Gasteiger partial charge in [-0.05, 0) is 87.8 Å². The Bertz CT molecular complexity index is 778. The molecule has 2 aliphatic rings. The van der Waals surface area contributed by atoms with Gasteiger partial charge in [0.25, 0.3) is 0 Å². The topological polar surface area (TPSA) is 37.3 Å². The molecule has 5 nitrogen and oxygen atoms in total. The Balaban J connectivity index is 1.37. The van der Waals surface area contributed by atoms with Gasteiger partial charge in [-0.3, -0.25) is 0 Å². The zero-order valence-corrected chi connectivity index (χ0v) is 20.1. The van der Waals surface area contributed by atoms with E-state index in [0.717, 1.165) is 56.6 Å². The van der Waals surface area contributed by atoms with Crippen LogP contribution < -0.4 is 4.74 Å². The molecule has 0 bridgehead atoms. The van der Waals surface area contributed by atoms with E-state index in [2.05, 4.69) is 64.0 Å². The number of allylic oxidation sites excluding steroid dienone is 3. The average molecular weight is 444 g/mol. The first-order chi connectivity index (χ1) is 15.2. The maximum atomic E-state index is 6.27. The molecular formula is C25H37N3O2S. The van der Waals surface area contributed by atoms with Crippen LogP contribution in [-0.2, 0) is 11.3 Å². The lowest BCUT2D eigenvalue weighted by molar-refractivity contribution is 0.159. The van der Waals surface area contributed by atoms with Crippen LogP contribution in [0.4, 0.5) is 0 Å². The average Bonchev–Trinajstić information content (AvgIpc) is 3.25. The van der Waals surface area contributed by atoms with E-state index in [0.29, 0.717) is 12.7 Å². The highest BCUT2D eigenvalue weighted by Gasteiger charge is 2.23. The molecule has 170 valence electrons. The zero-order valence-electron chi connectivity index (χ0n) is 19.3. The van der Waals surface area contributed by atoms with Crippen LogP contribution in [0.15, 0.2) is 47.3 Å². The second-order valence-electron chi connectivity index (χ2n) is 7.94. The van der Waals surface area contributed by atoms with E-state index in [1.54, 1.807) is 6.21 Å². The van der Waals surface area contributed by atoms with Crippen LogP contribution in [-0.4, -0.2) is 47.2 Å². The smallest absolute Gasteiger partial charge is 0.122 e. The Morgan fingerprint density at radius 2 is 2.19 bits per heavy atom. The molecule has 0 N–H and O–H groups in total. The van der Waals surface area contributed by atoms with E-state index in [1.165, 1.54) is 24.1 Å². The molecule has 3 rings (SSSR count). The monoisotopic (exact) mass is 443 g/mol. The van der Waals surface area contributed by atoms with Gasteiger partial charge in [0, 0.05) is 37.5 Å². The lowest BCUT2D eigenvalue weighted by atomic mass is 9.97. The molecule has 1 fully saturated rings. The number of aryl methyl sites for hydroxylation is 1. The van der Waals surface area contributed by atoms with Gasteiger partial charge in [-0.25, -0.2) is 4.31 Å². The first-order valence-corrected chi connectivity index (χ1v) is 12.4. The summed E-state index contributed by atoms with van der Waals surface area (Å²) in [5.41, 5.74) is 3.68. The van der Waals surface area contributed by atoms with E-state index < -0.39 is 0 Å². The summed E-state index contributed by atoms with van der Waals surface area (Å²) < 4.78 is 11.2. The number of ether oxygens (including phenoxy) is 1. The summed E-state index contributed by atoms with van der Waals surface area (Å²) in [6, 6.07) is 6.30. The Hall–Kier alpha value is -1.92. The molecule has 0 spiro atoms. The van der Waals surface area contributed by atoms with E-state index in [-0.39, 0.29) is 0 Å². The maximum absolute atomic E-state index is 6.27. The van der Waals surface area contributed by atoms with Gasteiger partial charge in [-0.15, -0.1) is 0 Å². The third kappa shape index (κ3) is 7.32. The quantitative estimate of drug-likeness (QED) is 0.138. The van der Waals surface area contributed by atoms with E-state index in [9.17, 15) is 0 Å². The van der Waals surface area contributed by atoms with Crippen LogP contribution in [0, 0.1) is 0 Å². The van der Waals surface area contributed by atoms with Crippen molar-refractivity contribution in [2.45, 2.75) is 65.4 Å². The highest BCUT2D eigenvalue weighted by Crippen LogP contribution is 2.31. The van der Waals surface area contributed by atoms with Gasteiger partial charge in [0.1, 0.15) is 12.4 Å². The van der Waals surface area contributed by atoms with Gasteiger partial charge >= 0.3 is 0 Å². The normalized spacial score (nSPS) is 19.9. The Labute approximate surface area is 192 Å². The van der Waals surface area contributed by atoms with Crippen molar-refractivity contribution in [1.29, 1.82) is 0 Å². The van der Waals surface area contributed by atoms with Crippen LogP contribution in [0.2, 0.25) is 0 Å². The summed E-state index contributed by atoms with van der Waals surface area (Å²) in [5.74, 6) is 1.04. The molecule has 0 aliphatic carbocycles. The fourth-order valence-electron chi connectivity index (χ4n) is 3.97. The van der Waals surface area contributed by atoms with Crippen LogP contribution in [0.1, 0.15) is 64.0 Å². The highest BCUT2D eigenvalue weighted by atomic mass is 32.2.